The molecule has 1 N–H and O–H groups in total. The number of amides is 2. The maximum Gasteiger partial charge on any atom is 0.231 e. The van der Waals surface area contributed by atoms with Gasteiger partial charge in [0.15, 0.2) is 0 Å². The Labute approximate surface area is 141 Å². The van der Waals surface area contributed by atoms with Crippen LogP contribution in [0.25, 0.3) is 0 Å². The maximum atomic E-state index is 12.0. The first kappa shape index (κ1) is 16.1. The van der Waals surface area contributed by atoms with Crippen LogP contribution in [0.1, 0.15) is 18.4 Å². The fourth-order valence-corrected chi connectivity index (χ4v) is 2.71. The van der Waals surface area contributed by atoms with Gasteiger partial charge >= 0.3 is 0 Å². The van der Waals surface area contributed by atoms with Crippen LogP contribution in [0.15, 0.2) is 48.5 Å². The van der Waals surface area contributed by atoms with Crippen LogP contribution in [-0.2, 0) is 16.0 Å². The molecule has 0 saturated carbocycles. The first-order chi connectivity index (χ1) is 11.6. The summed E-state index contributed by atoms with van der Waals surface area (Å²) in [6.07, 6.45) is 1.43. The molecule has 0 bridgehead atoms. The fourth-order valence-electron chi connectivity index (χ4n) is 2.71. The van der Waals surface area contributed by atoms with Crippen LogP contribution in [0.2, 0.25) is 0 Å². The van der Waals surface area contributed by atoms with Gasteiger partial charge in [-0.2, -0.15) is 0 Å². The third-order valence-corrected chi connectivity index (χ3v) is 4.00. The lowest BCUT2D eigenvalue weighted by molar-refractivity contribution is -0.117. The first-order valence-electron chi connectivity index (χ1n) is 8.00. The molecule has 5 nitrogen and oxygen atoms in total. The van der Waals surface area contributed by atoms with E-state index in [1.807, 2.05) is 48.5 Å². The number of carbonyl (C=O) groups excluding carboxylic acids is 2. The van der Waals surface area contributed by atoms with E-state index in [1.54, 1.807) is 11.9 Å². The van der Waals surface area contributed by atoms with Crippen molar-refractivity contribution in [3.8, 4) is 5.75 Å². The summed E-state index contributed by atoms with van der Waals surface area (Å²) in [5.74, 6) is 0.834. The highest BCUT2D eigenvalue weighted by atomic mass is 16.5. The highest BCUT2D eigenvalue weighted by Gasteiger charge is 2.23. The number of fused-ring (bicyclic) bond motifs is 1. The van der Waals surface area contributed by atoms with Gasteiger partial charge in [0.2, 0.25) is 11.8 Å². The molecule has 0 radical (unpaired) electrons. The number of rotatable bonds is 6. The average Bonchev–Trinajstić information content (AvgIpc) is 2.86. The standard InChI is InChI=1S/C19H20N2O3/c1-21-17-10-9-15(12-14(17)13-19(21)23)20-18(22)8-5-11-24-16-6-3-2-4-7-16/h2-4,6-7,9-10,12H,5,8,11,13H2,1H3,(H,20,22). The molecule has 24 heavy (non-hydrogen) atoms. The van der Waals surface area contributed by atoms with Crippen LogP contribution in [0.3, 0.4) is 0 Å². The van der Waals surface area contributed by atoms with E-state index < -0.39 is 0 Å². The first-order valence-corrected chi connectivity index (χ1v) is 8.00. The van der Waals surface area contributed by atoms with Gasteiger partial charge in [0.05, 0.1) is 13.0 Å². The summed E-state index contributed by atoms with van der Waals surface area (Å²) in [7, 11) is 1.76. The summed E-state index contributed by atoms with van der Waals surface area (Å²) in [4.78, 5) is 25.3. The van der Waals surface area contributed by atoms with Crippen LogP contribution in [0.5, 0.6) is 5.75 Å². The Bertz CT molecular complexity index is 744. The van der Waals surface area contributed by atoms with Crippen molar-refractivity contribution >= 4 is 23.2 Å². The zero-order chi connectivity index (χ0) is 16.9. The molecule has 2 amide bonds. The quantitative estimate of drug-likeness (QED) is 0.831. The van der Waals surface area contributed by atoms with Gasteiger partial charge in [0, 0.05) is 24.8 Å². The average molecular weight is 324 g/mol. The monoisotopic (exact) mass is 324 g/mol. The zero-order valence-electron chi connectivity index (χ0n) is 13.6. The van der Waals surface area contributed by atoms with Gasteiger partial charge in [-0.05, 0) is 42.3 Å². The number of carbonyl (C=O) groups is 2. The van der Waals surface area contributed by atoms with Crippen molar-refractivity contribution in [2.75, 3.05) is 23.9 Å². The van der Waals surface area contributed by atoms with Crippen molar-refractivity contribution in [2.24, 2.45) is 0 Å². The molecule has 5 heteroatoms. The molecule has 1 aliphatic heterocycles. The summed E-state index contributed by atoms with van der Waals surface area (Å²) in [6.45, 7) is 0.501. The van der Waals surface area contributed by atoms with Crippen LogP contribution in [0, 0.1) is 0 Å². The maximum absolute atomic E-state index is 12.0. The summed E-state index contributed by atoms with van der Waals surface area (Å²) < 4.78 is 5.57. The summed E-state index contributed by atoms with van der Waals surface area (Å²) in [6, 6.07) is 15.1. The molecule has 1 heterocycles. The number of hydrogen-bond donors (Lipinski definition) is 1. The Balaban J connectivity index is 1.46. The minimum absolute atomic E-state index is 0.0516. The summed E-state index contributed by atoms with van der Waals surface area (Å²) in [5.41, 5.74) is 2.59. The van der Waals surface area contributed by atoms with Gasteiger partial charge in [-0.15, -0.1) is 0 Å². The van der Waals surface area contributed by atoms with E-state index in [-0.39, 0.29) is 11.8 Å². The smallest absolute Gasteiger partial charge is 0.231 e. The van der Waals surface area contributed by atoms with Gasteiger partial charge in [-0.3, -0.25) is 9.59 Å². The van der Waals surface area contributed by atoms with Crippen molar-refractivity contribution < 1.29 is 14.3 Å². The topological polar surface area (TPSA) is 58.6 Å². The van der Waals surface area contributed by atoms with Crippen molar-refractivity contribution in [2.45, 2.75) is 19.3 Å². The lowest BCUT2D eigenvalue weighted by Crippen LogP contribution is -2.20. The van der Waals surface area contributed by atoms with Crippen LogP contribution >= 0.6 is 0 Å². The molecule has 124 valence electrons. The van der Waals surface area contributed by atoms with Crippen LogP contribution in [-0.4, -0.2) is 25.5 Å². The van der Waals surface area contributed by atoms with Crippen molar-refractivity contribution in [1.29, 1.82) is 0 Å². The van der Waals surface area contributed by atoms with E-state index in [2.05, 4.69) is 5.32 Å². The van der Waals surface area contributed by atoms with Crippen molar-refractivity contribution in [1.82, 2.24) is 0 Å². The van der Waals surface area contributed by atoms with Crippen molar-refractivity contribution in [3.05, 3.63) is 54.1 Å². The third-order valence-electron chi connectivity index (χ3n) is 4.00. The van der Waals surface area contributed by atoms with Gasteiger partial charge < -0.3 is 15.0 Å². The SMILES string of the molecule is CN1C(=O)Cc2cc(NC(=O)CCCOc3ccccc3)ccc21. The number of ether oxygens (including phenoxy) is 1. The van der Waals surface area contributed by atoms with Crippen LogP contribution in [0.4, 0.5) is 11.4 Å². The number of nitrogens with one attached hydrogen (secondary N) is 1. The molecule has 0 saturated heterocycles. The largest absolute Gasteiger partial charge is 0.494 e. The van der Waals surface area contributed by atoms with E-state index in [0.29, 0.717) is 25.9 Å². The molecule has 0 unspecified atom stereocenters. The normalized spacial score (nSPS) is 12.9. The second kappa shape index (κ2) is 7.17. The Morgan fingerprint density at radius 2 is 2.00 bits per heavy atom. The zero-order valence-corrected chi connectivity index (χ0v) is 13.6. The second-order valence-corrected chi connectivity index (χ2v) is 5.79. The molecule has 2 aromatic carbocycles. The number of anilines is 2. The summed E-state index contributed by atoms with van der Waals surface area (Å²) in [5, 5.41) is 2.88. The Hall–Kier alpha value is -2.82. The fraction of sp³-hybridized carbons (Fsp3) is 0.263. The number of para-hydroxylation sites is 1. The molecule has 0 spiro atoms. The lowest BCUT2D eigenvalue weighted by atomic mass is 10.1. The van der Waals surface area contributed by atoms with Gasteiger partial charge in [-0.1, -0.05) is 18.2 Å². The summed E-state index contributed by atoms with van der Waals surface area (Å²) >= 11 is 0. The van der Waals surface area contributed by atoms with Gasteiger partial charge in [-0.25, -0.2) is 0 Å². The predicted molar refractivity (Wildman–Crippen MR) is 93.4 cm³/mol. The van der Waals surface area contributed by atoms with E-state index in [4.69, 9.17) is 4.74 Å². The van der Waals surface area contributed by atoms with Gasteiger partial charge in [0.1, 0.15) is 5.75 Å². The van der Waals surface area contributed by atoms with Crippen molar-refractivity contribution in [3.63, 3.8) is 0 Å². The minimum Gasteiger partial charge on any atom is -0.494 e. The van der Waals surface area contributed by atoms with E-state index in [1.165, 1.54) is 0 Å². The molecular weight excluding hydrogens is 304 g/mol. The molecule has 3 rings (SSSR count). The Morgan fingerprint density at radius 1 is 1.21 bits per heavy atom. The van der Waals surface area contributed by atoms with E-state index in [9.17, 15) is 9.59 Å². The highest BCUT2D eigenvalue weighted by molar-refractivity contribution is 6.02. The molecular formula is C19H20N2O3. The lowest BCUT2D eigenvalue weighted by Gasteiger charge is -2.11. The highest BCUT2D eigenvalue weighted by Crippen LogP contribution is 2.29. The molecule has 1 aliphatic rings. The third kappa shape index (κ3) is 3.74. The molecule has 0 aliphatic carbocycles. The van der Waals surface area contributed by atoms with Gasteiger partial charge in [0.25, 0.3) is 0 Å². The molecule has 0 aromatic heterocycles. The minimum atomic E-state index is -0.0516. The predicted octanol–water partition coefficient (Wildman–Crippen LogP) is 3.00. The number of nitrogens with zero attached hydrogens (tertiary/aromatic N) is 1. The second-order valence-electron chi connectivity index (χ2n) is 5.79. The Kier molecular flexibility index (Phi) is 4.79. The number of likely N-dealkylation sites (N-methyl/N-ethyl adjacent to an activating group) is 1. The van der Waals surface area contributed by atoms with Crippen LogP contribution < -0.4 is 15.0 Å². The number of hydrogen-bond acceptors (Lipinski definition) is 3. The Morgan fingerprint density at radius 3 is 2.79 bits per heavy atom. The van der Waals surface area contributed by atoms with E-state index >= 15 is 0 Å². The number of benzene rings is 2. The molecule has 0 fully saturated rings. The van der Waals surface area contributed by atoms with E-state index in [0.717, 1.165) is 22.7 Å². The molecule has 2 aromatic rings. The molecule has 0 atom stereocenters.